The van der Waals surface area contributed by atoms with Crippen molar-refractivity contribution in [2.45, 2.75) is 13.3 Å². The number of alkyl halides is 2. The lowest BCUT2D eigenvalue weighted by Crippen LogP contribution is -2.06. The fourth-order valence-corrected chi connectivity index (χ4v) is 1.35. The first kappa shape index (κ1) is 12.4. The lowest BCUT2D eigenvalue weighted by atomic mass is 10.1. The molecule has 16 heavy (non-hydrogen) atoms. The Kier molecular flexibility index (Phi) is 3.48. The molecule has 0 fully saturated rings. The van der Waals surface area contributed by atoms with Gasteiger partial charge < -0.3 is 0 Å². The second-order valence-electron chi connectivity index (χ2n) is 2.86. The van der Waals surface area contributed by atoms with Crippen LogP contribution in [0.15, 0.2) is 6.20 Å². The third-order valence-electron chi connectivity index (χ3n) is 1.93. The lowest BCUT2D eigenvalue weighted by molar-refractivity contribution is -0.385. The molecule has 1 rings (SSSR count). The van der Waals surface area contributed by atoms with Crippen molar-refractivity contribution >= 4 is 22.5 Å². The van der Waals surface area contributed by atoms with E-state index in [0.29, 0.717) is 6.20 Å². The van der Waals surface area contributed by atoms with Crippen LogP contribution in [0.25, 0.3) is 0 Å². The summed E-state index contributed by atoms with van der Waals surface area (Å²) in [5.74, 6) is 0. The van der Waals surface area contributed by atoms with E-state index in [1.165, 1.54) is 0 Å². The zero-order chi connectivity index (χ0) is 12.5. The summed E-state index contributed by atoms with van der Waals surface area (Å²) in [4.78, 5) is 23.8. The van der Waals surface area contributed by atoms with Crippen molar-refractivity contribution in [1.29, 1.82) is 0 Å². The highest BCUT2D eigenvalue weighted by atomic mass is 35.5. The minimum absolute atomic E-state index is 0.355. The van der Waals surface area contributed by atoms with E-state index >= 15 is 0 Å². The average molecular weight is 251 g/mol. The van der Waals surface area contributed by atoms with Crippen LogP contribution in [0.3, 0.4) is 0 Å². The van der Waals surface area contributed by atoms with Crippen LogP contribution in [0, 0.1) is 17.0 Å². The van der Waals surface area contributed by atoms with Crippen LogP contribution in [0.4, 0.5) is 14.5 Å². The maximum atomic E-state index is 12.4. The summed E-state index contributed by atoms with van der Waals surface area (Å²) < 4.78 is 24.8. The highest BCUT2D eigenvalue weighted by molar-refractivity contribution is 6.68. The molecular formula is C8H5ClF2N2O3. The van der Waals surface area contributed by atoms with Gasteiger partial charge in [0, 0.05) is 6.20 Å². The molecule has 0 N–H and O–H groups in total. The van der Waals surface area contributed by atoms with Gasteiger partial charge in [0.15, 0.2) is 0 Å². The van der Waals surface area contributed by atoms with Crippen molar-refractivity contribution in [1.82, 2.24) is 4.98 Å². The van der Waals surface area contributed by atoms with Gasteiger partial charge >= 0.3 is 0 Å². The van der Waals surface area contributed by atoms with Crippen LogP contribution < -0.4 is 0 Å². The van der Waals surface area contributed by atoms with Gasteiger partial charge in [-0.2, -0.15) is 0 Å². The Hall–Kier alpha value is -1.63. The van der Waals surface area contributed by atoms with Crippen LogP contribution in [0.2, 0.25) is 0 Å². The van der Waals surface area contributed by atoms with Gasteiger partial charge in [0.1, 0.15) is 11.3 Å². The van der Waals surface area contributed by atoms with Crippen molar-refractivity contribution < 1.29 is 18.5 Å². The van der Waals surface area contributed by atoms with Gasteiger partial charge in [-0.3, -0.25) is 19.9 Å². The Bertz CT molecular complexity index is 465. The van der Waals surface area contributed by atoms with E-state index < -0.39 is 33.5 Å². The highest BCUT2D eigenvalue weighted by Gasteiger charge is 2.27. The molecule has 0 aliphatic heterocycles. The summed E-state index contributed by atoms with van der Waals surface area (Å²) >= 11 is 5.09. The predicted molar refractivity (Wildman–Crippen MR) is 50.8 cm³/mol. The number of aromatic nitrogens is 1. The monoisotopic (exact) mass is 250 g/mol. The standard InChI is InChI=1S/C8H5ClF2N2O3/c1-3-5(8(10)11)12-2-4(7(9)14)6(3)13(15)16/h2,8H,1H3. The fraction of sp³-hybridized carbons (Fsp3) is 0.250. The molecule has 0 unspecified atom stereocenters. The summed E-state index contributed by atoms with van der Waals surface area (Å²) in [6.45, 7) is 1.09. The third-order valence-corrected chi connectivity index (χ3v) is 2.13. The van der Waals surface area contributed by atoms with Crippen molar-refractivity contribution in [2.75, 3.05) is 0 Å². The Labute approximate surface area is 93.2 Å². The molecule has 0 atom stereocenters. The zero-order valence-corrected chi connectivity index (χ0v) is 8.66. The van der Waals surface area contributed by atoms with E-state index in [2.05, 4.69) is 4.98 Å². The van der Waals surface area contributed by atoms with E-state index in [-0.39, 0.29) is 5.56 Å². The van der Waals surface area contributed by atoms with Gasteiger partial charge in [-0.1, -0.05) is 0 Å². The van der Waals surface area contributed by atoms with Crippen LogP contribution in [0.5, 0.6) is 0 Å². The van der Waals surface area contributed by atoms with Gasteiger partial charge in [0.05, 0.1) is 10.5 Å². The molecule has 0 saturated carbocycles. The van der Waals surface area contributed by atoms with Gasteiger partial charge in [0.25, 0.3) is 17.4 Å². The smallest absolute Gasteiger partial charge is 0.275 e. The first-order valence-electron chi connectivity index (χ1n) is 3.98. The SMILES string of the molecule is Cc1c(C(F)F)ncc(C(=O)Cl)c1[N+](=O)[O-]. The summed E-state index contributed by atoms with van der Waals surface area (Å²) in [6, 6.07) is 0. The third kappa shape index (κ3) is 2.13. The van der Waals surface area contributed by atoms with Gasteiger partial charge in [-0.15, -0.1) is 0 Å². The molecule has 86 valence electrons. The average Bonchev–Trinajstić information content (AvgIpc) is 2.15. The summed E-state index contributed by atoms with van der Waals surface area (Å²) in [5, 5.41) is 9.54. The quantitative estimate of drug-likeness (QED) is 0.469. The van der Waals surface area contributed by atoms with Gasteiger partial charge in [-0.25, -0.2) is 8.78 Å². The minimum atomic E-state index is -2.95. The van der Waals surface area contributed by atoms with Crippen LogP contribution in [-0.2, 0) is 0 Å². The number of carbonyl (C=O) groups excluding carboxylic acids is 1. The molecule has 1 aromatic rings. The van der Waals surface area contributed by atoms with Gasteiger partial charge in [0.2, 0.25) is 0 Å². The van der Waals surface area contributed by atoms with Crippen LogP contribution in [-0.4, -0.2) is 15.1 Å². The normalized spacial score (nSPS) is 10.6. The molecule has 5 nitrogen and oxygen atoms in total. The number of pyridine rings is 1. The summed E-state index contributed by atoms with van der Waals surface area (Å²) in [6.07, 6.45) is -2.26. The molecule has 1 aromatic heterocycles. The topological polar surface area (TPSA) is 73.1 Å². The molecule has 0 aromatic carbocycles. The van der Waals surface area contributed by atoms with E-state index in [9.17, 15) is 23.7 Å². The van der Waals surface area contributed by atoms with E-state index in [0.717, 1.165) is 6.92 Å². The Morgan fingerprint density at radius 1 is 1.62 bits per heavy atom. The van der Waals surface area contributed by atoms with Crippen molar-refractivity contribution in [3.05, 3.63) is 33.1 Å². The molecule has 0 radical (unpaired) electrons. The minimum Gasteiger partial charge on any atom is -0.275 e. The first-order chi connectivity index (χ1) is 7.36. The maximum absolute atomic E-state index is 12.4. The second-order valence-corrected chi connectivity index (χ2v) is 3.21. The van der Waals surface area contributed by atoms with Crippen molar-refractivity contribution in [2.24, 2.45) is 0 Å². The molecular weight excluding hydrogens is 246 g/mol. The molecule has 0 saturated heterocycles. The molecule has 0 aliphatic carbocycles. The summed E-state index contributed by atoms with van der Waals surface area (Å²) in [7, 11) is 0. The molecule has 8 heteroatoms. The number of halogens is 3. The lowest BCUT2D eigenvalue weighted by Gasteiger charge is -2.06. The summed E-state index contributed by atoms with van der Waals surface area (Å²) in [5.41, 5.74) is -2.31. The number of nitro groups is 1. The van der Waals surface area contributed by atoms with Crippen LogP contribution >= 0.6 is 11.6 Å². The molecule has 0 amide bonds. The fourth-order valence-electron chi connectivity index (χ4n) is 1.21. The number of carbonyl (C=O) groups is 1. The number of hydrogen-bond donors (Lipinski definition) is 0. The zero-order valence-electron chi connectivity index (χ0n) is 7.91. The van der Waals surface area contributed by atoms with Crippen molar-refractivity contribution in [3.63, 3.8) is 0 Å². The number of hydrogen-bond acceptors (Lipinski definition) is 4. The predicted octanol–water partition coefficient (Wildman–Crippen LogP) is 2.61. The molecule has 0 aliphatic rings. The highest BCUT2D eigenvalue weighted by Crippen LogP contribution is 2.30. The molecule has 0 spiro atoms. The molecule has 0 bridgehead atoms. The van der Waals surface area contributed by atoms with E-state index in [1.54, 1.807) is 0 Å². The van der Waals surface area contributed by atoms with Crippen LogP contribution in [0.1, 0.15) is 28.0 Å². The van der Waals surface area contributed by atoms with E-state index in [4.69, 9.17) is 11.6 Å². The van der Waals surface area contributed by atoms with Gasteiger partial charge in [-0.05, 0) is 18.5 Å². The Balaban J connectivity index is 3.54. The van der Waals surface area contributed by atoms with E-state index in [1.807, 2.05) is 0 Å². The molecule has 1 heterocycles. The Morgan fingerprint density at radius 3 is 2.56 bits per heavy atom. The van der Waals surface area contributed by atoms with Crippen molar-refractivity contribution in [3.8, 4) is 0 Å². The maximum Gasteiger partial charge on any atom is 0.287 e. The number of nitrogens with zero attached hydrogens (tertiary/aromatic N) is 2. The Morgan fingerprint density at radius 2 is 2.19 bits per heavy atom. The second kappa shape index (κ2) is 4.48. The largest absolute Gasteiger partial charge is 0.287 e. The number of rotatable bonds is 3. The first-order valence-corrected chi connectivity index (χ1v) is 4.36.